The van der Waals surface area contributed by atoms with Crippen LogP contribution in [0.25, 0.3) is 0 Å². The summed E-state index contributed by atoms with van der Waals surface area (Å²) >= 11 is 0. The third kappa shape index (κ3) is 4.03. The number of rotatable bonds is 7. The zero-order chi connectivity index (χ0) is 14.4. The predicted octanol–water partition coefficient (Wildman–Crippen LogP) is 2.72. The molecule has 1 aromatic rings. The minimum absolute atomic E-state index is 0.344. The standard InChI is InChI=1S/C15H26N4/c1-7-8-19(12(4)5)14-10-17-15(11(2)3)18-13(14)9-16-6/h7,10-12,16H,1,8-9H2,2-6H3. The van der Waals surface area contributed by atoms with E-state index in [-0.39, 0.29) is 0 Å². The Labute approximate surface area is 117 Å². The molecule has 106 valence electrons. The van der Waals surface area contributed by atoms with Crippen LogP contribution in [0.4, 0.5) is 5.69 Å². The first-order valence-electron chi connectivity index (χ1n) is 6.89. The van der Waals surface area contributed by atoms with Crippen LogP contribution in [-0.4, -0.2) is 29.6 Å². The first-order chi connectivity index (χ1) is 9.01. The van der Waals surface area contributed by atoms with Crippen LogP contribution in [0.15, 0.2) is 18.9 Å². The summed E-state index contributed by atoms with van der Waals surface area (Å²) < 4.78 is 0. The fourth-order valence-corrected chi connectivity index (χ4v) is 1.97. The van der Waals surface area contributed by atoms with E-state index in [1.54, 1.807) is 0 Å². The van der Waals surface area contributed by atoms with Crippen LogP contribution in [0.1, 0.15) is 45.1 Å². The molecule has 0 radical (unpaired) electrons. The molecule has 0 atom stereocenters. The molecule has 1 rings (SSSR count). The van der Waals surface area contributed by atoms with Gasteiger partial charge in [-0.2, -0.15) is 0 Å². The Kier molecular flexibility index (Phi) is 5.96. The van der Waals surface area contributed by atoms with E-state index >= 15 is 0 Å². The highest BCUT2D eigenvalue weighted by Crippen LogP contribution is 2.22. The molecular weight excluding hydrogens is 236 g/mol. The number of aromatic nitrogens is 2. The van der Waals surface area contributed by atoms with Gasteiger partial charge in [0.15, 0.2) is 0 Å². The Morgan fingerprint density at radius 1 is 1.37 bits per heavy atom. The van der Waals surface area contributed by atoms with Crippen molar-refractivity contribution in [2.24, 2.45) is 0 Å². The minimum atomic E-state index is 0.344. The van der Waals surface area contributed by atoms with E-state index in [2.05, 4.69) is 49.5 Å². The summed E-state index contributed by atoms with van der Waals surface area (Å²) in [7, 11) is 1.94. The normalized spacial score (nSPS) is 11.1. The number of nitrogens with zero attached hydrogens (tertiary/aromatic N) is 3. The van der Waals surface area contributed by atoms with Gasteiger partial charge in [-0.05, 0) is 20.9 Å². The van der Waals surface area contributed by atoms with Crippen LogP contribution >= 0.6 is 0 Å². The lowest BCUT2D eigenvalue weighted by atomic mass is 10.2. The van der Waals surface area contributed by atoms with Crippen LogP contribution in [-0.2, 0) is 6.54 Å². The van der Waals surface area contributed by atoms with Gasteiger partial charge >= 0.3 is 0 Å². The van der Waals surface area contributed by atoms with Crippen molar-refractivity contribution in [1.29, 1.82) is 0 Å². The first kappa shape index (κ1) is 15.6. The fraction of sp³-hybridized carbons (Fsp3) is 0.600. The summed E-state index contributed by atoms with van der Waals surface area (Å²) in [6.45, 7) is 13.9. The number of hydrogen-bond donors (Lipinski definition) is 1. The molecule has 1 heterocycles. The summed E-state index contributed by atoms with van der Waals surface area (Å²) in [6, 6.07) is 0.391. The van der Waals surface area contributed by atoms with E-state index < -0.39 is 0 Å². The Balaban J connectivity index is 3.19. The Hall–Kier alpha value is -1.42. The molecule has 1 N–H and O–H groups in total. The topological polar surface area (TPSA) is 41.1 Å². The first-order valence-corrected chi connectivity index (χ1v) is 6.89. The van der Waals surface area contributed by atoms with Crippen molar-refractivity contribution >= 4 is 5.69 Å². The summed E-state index contributed by atoms with van der Waals surface area (Å²) in [6.07, 6.45) is 3.86. The van der Waals surface area contributed by atoms with Gasteiger partial charge < -0.3 is 10.2 Å². The highest BCUT2D eigenvalue weighted by atomic mass is 15.2. The van der Waals surface area contributed by atoms with Crippen molar-refractivity contribution in [3.8, 4) is 0 Å². The van der Waals surface area contributed by atoms with Gasteiger partial charge in [0.25, 0.3) is 0 Å². The van der Waals surface area contributed by atoms with Crippen molar-refractivity contribution < 1.29 is 0 Å². The summed E-state index contributed by atoms with van der Waals surface area (Å²) in [5, 5.41) is 3.18. The molecule has 1 aromatic heterocycles. The smallest absolute Gasteiger partial charge is 0.131 e. The molecule has 4 nitrogen and oxygen atoms in total. The second-order valence-electron chi connectivity index (χ2n) is 5.28. The molecule has 0 unspecified atom stereocenters. The van der Waals surface area contributed by atoms with Gasteiger partial charge in [-0.1, -0.05) is 19.9 Å². The third-order valence-corrected chi connectivity index (χ3v) is 2.98. The average Bonchev–Trinajstić information content (AvgIpc) is 2.36. The second-order valence-corrected chi connectivity index (χ2v) is 5.28. The monoisotopic (exact) mass is 262 g/mol. The van der Waals surface area contributed by atoms with Crippen LogP contribution in [0.2, 0.25) is 0 Å². The molecule has 0 saturated heterocycles. The number of anilines is 1. The van der Waals surface area contributed by atoms with Gasteiger partial charge in [0, 0.05) is 25.0 Å². The molecule has 0 saturated carbocycles. The molecule has 0 amide bonds. The highest BCUT2D eigenvalue weighted by molar-refractivity contribution is 5.50. The van der Waals surface area contributed by atoms with Gasteiger partial charge in [-0.3, -0.25) is 0 Å². The largest absolute Gasteiger partial charge is 0.363 e. The van der Waals surface area contributed by atoms with E-state index in [9.17, 15) is 0 Å². The molecule has 0 aliphatic rings. The average molecular weight is 262 g/mol. The number of nitrogens with one attached hydrogen (secondary N) is 1. The second kappa shape index (κ2) is 7.24. The number of hydrogen-bond acceptors (Lipinski definition) is 4. The van der Waals surface area contributed by atoms with E-state index in [0.717, 1.165) is 30.3 Å². The molecule has 0 spiro atoms. The van der Waals surface area contributed by atoms with Gasteiger partial charge in [0.2, 0.25) is 0 Å². The maximum atomic E-state index is 4.70. The molecular formula is C15H26N4. The quantitative estimate of drug-likeness (QED) is 0.767. The van der Waals surface area contributed by atoms with E-state index in [1.165, 1.54) is 0 Å². The van der Waals surface area contributed by atoms with Crippen molar-refractivity contribution in [1.82, 2.24) is 15.3 Å². The summed E-state index contributed by atoms with van der Waals surface area (Å²) in [5.41, 5.74) is 2.14. The molecule has 0 aromatic carbocycles. The van der Waals surface area contributed by atoms with Crippen LogP contribution in [0.5, 0.6) is 0 Å². The van der Waals surface area contributed by atoms with Crippen LogP contribution < -0.4 is 10.2 Å². The van der Waals surface area contributed by atoms with Gasteiger partial charge in [-0.25, -0.2) is 9.97 Å². The highest BCUT2D eigenvalue weighted by Gasteiger charge is 2.16. The zero-order valence-electron chi connectivity index (χ0n) is 12.8. The zero-order valence-corrected chi connectivity index (χ0v) is 12.8. The molecule has 0 aliphatic heterocycles. The van der Waals surface area contributed by atoms with Crippen molar-refractivity contribution in [3.05, 3.63) is 30.4 Å². The predicted molar refractivity (Wildman–Crippen MR) is 81.6 cm³/mol. The Morgan fingerprint density at radius 2 is 2.05 bits per heavy atom. The van der Waals surface area contributed by atoms with E-state index in [1.807, 2.05) is 19.3 Å². The minimum Gasteiger partial charge on any atom is -0.363 e. The summed E-state index contributed by atoms with van der Waals surface area (Å²) in [4.78, 5) is 11.5. The van der Waals surface area contributed by atoms with Crippen molar-refractivity contribution in [2.75, 3.05) is 18.5 Å². The molecule has 0 aliphatic carbocycles. The SMILES string of the molecule is C=CCN(c1cnc(C(C)C)nc1CNC)C(C)C. The molecule has 0 bridgehead atoms. The van der Waals surface area contributed by atoms with Gasteiger partial charge in [-0.15, -0.1) is 6.58 Å². The molecule has 0 fully saturated rings. The lowest BCUT2D eigenvalue weighted by Gasteiger charge is -2.29. The van der Waals surface area contributed by atoms with Crippen molar-refractivity contribution in [3.63, 3.8) is 0 Å². The molecule has 19 heavy (non-hydrogen) atoms. The molecule has 4 heteroatoms. The van der Waals surface area contributed by atoms with Gasteiger partial charge in [0.05, 0.1) is 17.6 Å². The van der Waals surface area contributed by atoms with Crippen LogP contribution in [0.3, 0.4) is 0 Å². The maximum absolute atomic E-state index is 4.70. The Morgan fingerprint density at radius 3 is 2.53 bits per heavy atom. The van der Waals surface area contributed by atoms with E-state index in [0.29, 0.717) is 12.0 Å². The van der Waals surface area contributed by atoms with Gasteiger partial charge in [0.1, 0.15) is 5.82 Å². The summed E-state index contributed by atoms with van der Waals surface area (Å²) in [5.74, 6) is 1.24. The lowest BCUT2D eigenvalue weighted by molar-refractivity contribution is 0.683. The third-order valence-electron chi connectivity index (χ3n) is 2.98. The van der Waals surface area contributed by atoms with Crippen LogP contribution in [0, 0.1) is 0 Å². The lowest BCUT2D eigenvalue weighted by Crippen LogP contribution is -2.32. The Bertz CT molecular complexity index is 413. The van der Waals surface area contributed by atoms with Crippen molar-refractivity contribution in [2.45, 2.75) is 46.2 Å². The van der Waals surface area contributed by atoms with E-state index in [4.69, 9.17) is 4.98 Å². The maximum Gasteiger partial charge on any atom is 0.131 e. The fourth-order valence-electron chi connectivity index (χ4n) is 1.97.